The monoisotopic (exact) mass is 759 g/mol. The van der Waals surface area contributed by atoms with Gasteiger partial charge in [-0.05, 0) is 113 Å². The molecule has 0 aromatic heterocycles. The van der Waals surface area contributed by atoms with E-state index in [1.807, 2.05) is 5.57 Å². The average Bonchev–Trinajstić information content (AvgIpc) is 3.64. The molecule has 1 atom stereocenters. The molecule has 3 saturated carbocycles. The van der Waals surface area contributed by atoms with Crippen molar-refractivity contribution in [2.45, 2.75) is 186 Å². The van der Waals surface area contributed by atoms with E-state index in [4.69, 9.17) is 0 Å². The molecule has 1 unspecified atom stereocenters. The number of benzene rings is 3. The zero-order valence-electron chi connectivity index (χ0n) is 36.1. The first-order valence-electron chi connectivity index (χ1n) is 23.0. The molecule has 3 aromatic carbocycles. The predicted octanol–water partition coefficient (Wildman–Crippen LogP) is 15.2. The summed E-state index contributed by atoms with van der Waals surface area (Å²) in [5.41, 5.74) is 14.9. The molecule has 298 valence electrons. The van der Waals surface area contributed by atoms with E-state index in [1.165, 1.54) is 129 Å². The fraction of sp³-hybridized carbons (Fsp3) is 0.596. The van der Waals surface area contributed by atoms with E-state index >= 15 is 0 Å². The number of allylic oxidation sites excluding steroid dienone is 1. The minimum absolute atomic E-state index is 0.466. The highest BCUT2D eigenvalue weighted by Gasteiger charge is 2.47. The topological polar surface area (TPSA) is 6.48 Å². The first-order valence-corrected chi connectivity index (χ1v) is 25.0. The van der Waals surface area contributed by atoms with Gasteiger partial charge in [0.05, 0.1) is 0 Å². The minimum atomic E-state index is -1.65. The van der Waals surface area contributed by atoms with Gasteiger partial charge in [-0.1, -0.05) is 180 Å². The zero-order chi connectivity index (χ0) is 38.7. The Morgan fingerprint density at radius 1 is 0.491 bits per heavy atom. The number of hydrogen-bond donors (Lipinski definition) is 0. The van der Waals surface area contributed by atoms with Gasteiger partial charge in [-0.15, -0.1) is 0 Å². The molecule has 7 rings (SSSR count). The molecule has 2 nitrogen and oxygen atoms in total. The maximum Gasteiger partial charge on any atom is 0.113 e. The molecule has 0 spiro atoms. The van der Waals surface area contributed by atoms with Gasteiger partial charge in [-0.25, -0.2) is 0 Å². The van der Waals surface area contributed by atoms with Gasteiger partial charge in [0.15, 0.2) is 0 Å². The molecule has 4 fully saturated rings. The molecule has 1 aliphatic heterocycles. The summed E-state index contributed by atoms with van der Waals surface area (Å²) >= 11 is 0. The number of hydrogen-bond acceptors (Lipinski definition) is 2. The Morgan fingerprint density at radius 3 is 1.33 bits per heavy atom. The van der Waals surface area contributed by atoms with Crippen molar-refractivity contribution in [3.63, 3.8) is 0 Å². The van der Waals surface area contributed by atoms with Crippen LogP contribution in [0.3, 0.4) is 0 Å². The second-order valence-electron chi connectivity index (χ2n) is 19.1. The standard InChI is InChI=1S/C52H75N2P/c1-37(2)44-29-20-30-45(38(3)4)50(44)53-34-35-54(51-46(39(5)6)31-21-32-47(51)40(7)8)52(53)48-28-18-19-33-49(48)55(42-24-14-10-15-25-42,43-26-16-11-17-27-43)36-41-22-12-9-13-23-41/h9,12-13,20-23,29-32,36-40,42-43,49H,10-11,14-19,24-28,33-35H2,1-8H3. The normalized spacial score (nSPS) is 20.8. The van der Waals surface area contributed by atoms with Gasteiger partial charge in [0.25, 0.3) is 0 Å². The van der Waals surface area contributed by atoms with Crippen LogP contribution in [0, 0.1) is 0 Å². The predicted molar refractivity (Wildman–Crippen MR) is 245 cm³/mol. The molecule has 1 saturated heterocycles. The Kier molecular flexibility index (Phi) is 13.1. The first kappa shape index (κ1) is 40.5. The van der Waals surface area contributed by atoms with Crippen molar-refractivity contribution in [2.75, 3.05) is 22.9 Å². The fourth-order valence-electron chi connectivity index (χ4n) is 11.7. The molecule has 55 heavy (non-hydrogen) atoms. The summed E-state index contributed by atoms with van der Waals surface area (Å²) in [7, 11) is 0. The lowest BCUT2D eigenvalue weighted by molar-refractivity contribution is 0.474. The quantitative estimate of drug-likeness (QED) is 0.190. The van der Waals surface area contributed by atoms with Crippen LogP contribution in [0.15, 0.2) is 78.1 Å². The van der Waals surface area contributed by atoms with E-state index < -0.39 is 6.89 Å². The summed E-state index contributed by atoms with van der Waals surface area (Å²) in [5, 5.41) is 0. The van der Waals surface area contributed by atoms with Gasteiger partial charge in [0, 0.05) is 30.1 Å². The van der Waals surface area contributed by atoms with Crippen LogP contribution in [-0.2, 0) is 0 Å². The van der Waals surface area contributed by atoms with Gasteiger partial charge in [0.2, 0.25) is 0 Å². The van der Waals surface area contributed by atoms with E-state index in [9.17, 15) is 0 Å². The van der Waals surface area contributed by atoms with Crippen molar-refractivity contribution in [3.05, 3.63) is 106 Å². The van der Waals surface area contributed by atoms with Crippen LogP contribution < -0.4 is 9.80 Å². The smallest absolute Gasteiger partial charge is 0.113 e. The number of para-hydroxylation sites is 2. The third-order valence-corrected chi connectivity index (χ3v) is 20.2. The first-order chi connectivity index (χ1) is 26.6. The minimum Gasteiger partial charge on any atom is -0.325 e. The summed E-state index contributed by atoms with van der Waals surface area (Å²) in [5.74, 6) is 6.51. The van der Waals surface area contributed by atoms with Crippen molar-refractivity contribution in [2.24, 2.45) is 0 Å². The summed E-state index contributed by atoms with van der Waals surface area (Å²) in [6.07, 6.45) is 19.7. The molecule has 3 heteroatoms. The molecule has 0 bridgehead atoms. The van der Waals surface area contributed by atoms with Gasteiger partial charge in [-0.2, -0.15) is 0 Å². The van der Waals surface area contributed by atoms with Gasteiger partial charge in [-0.3, -0.25) is 0 Å². The summed E-state index contributed by atoms with van der Waals surface area (Å²) < 4.78 is 0. The van der Waals surface area contributed by atoms with Crippen LogP contribution >= 0.6 is 6.89 Å². The van der Waals surface area contributed by atoms with Crippen molar-refractivity contribution in [1.82, 2.24) is 0 Å². The molecule has 1 heterocycles. The van der Waals surface area contributed by atoms with Gasteiger partial charge in [0.1, 0.15) is 5.82 Å². The molecular weight excluding hydrogens is 684 g/mol. The largest absolute Gasteiger partial charge is 0.325 e. The fourth-order valence-corrected chi connectivity index (χ4v) is 18.5. The third kappa shape index (κ3) is 8.07. The molecule has 3 aliphatic carbocycles. The summed E-state index contributed by atoms with van der Waals surface area (Å²) in [6.45, 7) is 19.9. The molecule has 0 radical (unpaired) electrons. The lowest BCUT2D eigenvalue weighted by Gasteiger charge is -2.52. The Hall–Kier alpha value is -2.70. The number of nitrogens with zero attached hydrogens (tertiary/aromatic N) is 2. The maximum atomic E-state index is 3.04. The zero-order valence-corrected chi connectivity index (χ0v) is 37.0. The average molecular weight is 759 g/mol. The highest BCUT2D eigenvalue weighted by atomic mass is 31.2. The maximum absolute atomic E-state index is 3.04. The Bertz CT molecular complexity index is 1670. The number of anilines is 2. The Balaban J connectivity index is 1.58. The van der Waals surface area contributed by atoms with Gasteiger partial charge >= 0.3 is 0 Å². The van der Waals surface area contributed by atoms with Crippen molar-refractivity contribution >= 4 is 24.1 Å². The van der Waals surface area contributed by atoms with Crippen molar-refractivity contribution in [3.8, 4) is 0 Å². The lowest BCUT2D eigenvalue weighted by atomic mass is 9.89. The second-order valence-corrected chi connectivity index (χ2v) is 23.3. The molecule has 0 N–H and O–H groups in total. The molecule has 3 aromatic rings. The summed E-state index contributed by atoms with van der Waals surface area (Å²) in [6, 6.07) is 26.3. The van der Waals surface area contributed by atoms with E-state index in [0.29, 0.717) is 29.3 Å². The highest BCUT2D eigenvalue weighted by Crippen LogP contribution is 2.71. The van der Waals surface area contributed by atoms with Crippen LogP contribution in [0.25, 0.3) is 0 Å². The van der Waals surface area contributed by atoms with Crippen LogP contribution in [0.5, 0.6) is 0 Å². The van der Waals surface area contributed by atoms with E-state index in [2.05, 4.69) is 138 Å². The molecule has 0 amide bonds. The van der Waals surface area contributed by atoms with E-state index in [1.54, 1.807) is 5.82 Å². The van der Waals surface area contributed by atoms with E-state index in [-0.39, 0.29) is 0 Å². The van der Waals surface area contributed by atoms with E-state index in [0.717, 1.165) is 24.4 Å². The van der Waals surface area contributed by atoms with Crippen LogP contribution in [0.1, 0.15) is 197 Å². The molecule has 4 aliphatic rings. The van der Waals surface area contributed by atoms with Crippen molar-refractivity contribution < 1.29 is 0 Å². The Morgan fingerprint density at radius 2 is 0.909 bits per heavy atom. The van der Waals surface area contributed by atoms with Crippen molar-refractivity contribution in [1.29, 1.82) is 0 Å². The lowest BCUT2D eigenvalue weighted by Crippen LogP contribution is -2.37. The van der Waals surface area contributed by atoms with Crippen LogP contribution in [-0.4, -0.2) is 35.9 Å². The third-order valence-electron chi connectivity index (χ3n) is 14.3. The Labute approximate surface area is 337 Å². The highest BCUT2D eigenvalue weighted by molar-refractivity contribution is 7.77. The SMILES string of the molecule is CC(C)c1cccc(C(C)C)c1N1CCN(c2c(C(C)C)cccc2C(C)C)C1=C1CCCCC1P(=Cc1ccccc1)(C1CCCCC1)C1CCCCC1. The molecular formula is C52H75N2P. The number of rotatable bonds is 10. The van der Waals surface area contributed by atoms with Crippen LogP contribution in [0.4, 0.5) is 11.4 Å². The van der Waals surface area contributed by atoms with Crippen LogP contribution in [0.2, 0.25) is 0 Å². The second kappa shape index (κ2) is 17.8. The summed E-state index contributed by atoms with van der Waals surface area (Å²) in [4.78, 5) is 5.86. The van der Waals surface area contributed by atoms with Gasteiger partial charge < -0.3 is 9.80 Å².